The van der Waals surface area contributed by atoms with Crippen LogP contribution < -0.4 is 0 Å². The molecule has 0 spiro atoms. The number of carbonyl (C=O) groups is 1. The first-order chi connectivity index (χ1) is 7.90. The molecule has 2 atom stereocenters. The summed E-state index contributed by atoms with van der Waals surface area (Å²) in [5, 5.41) is 10.0. The molecule has 17 heavy (non-hydrogen) atoms. The van der Waals surface area contributed by atoms with Crippen LogP contribution in [-0.2, 0) is 4.79 Å². The van der Waals surface area contributed by atoms with Gasteiger partial charge in [0.1, 0.15) is 0 Å². The van der Waals surface area contributed by atoms with E-state index in [0.29, 0.717) is 6.54 Å². The molecule has 2 rings (SSSR count). The van der Waals surface area contributed by atoms with Crippen molar-refractivity contribution in [1.29, 1.82) is 0 Å². The van der Waals surface area contributed by atoms with Gasteiger partial charge in [0, 0.05) is 19.6 Å². The third kappa shape index (κ3) is 2.63. The lowest BCUT2D eigenvalue weighted by Crippen LogP contribution is -2.52. The van der Waals surface area contributed by atoms with E-state index in [2.05, 4.69) is 25.8 Å². The van der Waals surface area contributed by atoms with Gasteiger partial charge in [0.05, 0.1) is 12.0 Å². The van der Waals surface area contributed by atoms with Gasteiger partial charge in [-0.2, -0.15) is 0 Å². The topological polar surface area (TPSA) is 43.8 Å². The maximum Gasteiger partial charge on any atom is 0.227 e. The molecule has 4 nitrogen and oxygen atoms in total. The second-order valence-electron chi connectivity index (χ2n) is 6.29. The molecule has 0 aromatic rings. The summed E-state index contributed by atoms with van der Waals surface area (Å²) in [6.07, 6.45) is 1.47. The Hall–Kier alpha value is -0.610. The fourth-order valence-electron chi connectivity index (χ4n) is 2.73. The van der Waals surface area contributed by atoms with Crippen LogP contribution in [0.25, 0.3) is 0 Å². The summed E-state index contributed by atoms with van der Waals surface area (Å²) in [5.74, 6) is 0.386. The molecule has 0 aromatic heterocycles. The Morgan fingerprint density at radius 1 is 1.29 bits per heavy atom. The molecule has 1 amide bonds. The molecular weight excluding hydrogens is 216 g/mol. The Bertz CT molecular complexity index is 304. The van der Waals surface area contributed by atoms with Gasteiger partial charge in [0.2, 0.25) is 5.91 Å². The van der Waals surface area contributed by atoms with Gasteiger partial charge in [-0.3, -0.25) is 4.79 Å². The lowest BCUT2D eigenvalue weighted by atomic mass is 9.80. The number of rotatable bonds is 1. The van der Waals surface area contributed by atoms with E-state index in [4.69, 9.17) is 0 Å². The largest absolute Gasteiger partial charge is 0.391 e. The van der Waals surface area contributed by atoms with Gasteiger partial charge in [-0.1, -0.05) is 13.8 Å². The number of piperidine rings is 1. The Kier molecular flexibility index (Phi) is 3.46. The molecule has 2 aliphatic rings. The van der Waals surface area contributed by atoms with E-state index in [9.17, 15) is 9.90 Å². The number of β-amino-alcohol motifs (C(OH)–C–C–N with tert-alkyl or cyclic N) is 1. The molecule has 4 heteroatoms. The number of likely N-dealkylation sites (tertiary alicyclic amines) is 2. The van der Waals surface area contributed by atoms with Crippen LogP contribution in [0.5, 0.6) is 0 Å². The van der Waals surface area contributed by atoms with Crippen LogP contribution in [0.15, 0.2) is 0 Å². The number of aliphatic hydroxyl groups is 1. The molecule has 0 saturated carbocycles. The van der Waals surface area contributed by atoms with Gasteiger partial charge in [0.25, 0.3) is 0 Å². The van der Waals surface area contributed by atoms with Crippen LogP contribution in [0.3, 0.4) is 0 Å². The SMILES string of the molecule is CN1CCC(C(=O)N2CCC(C)(C)C(O)C2)C1. The summed E-state index contributed by atoms with van der Waals surface area (Å²) in [7, 11) is 2.06. The van der Waals surface area contributed by atoms with Crippen molar-refractivity contribution in [1.82, 2.24) is 9.80 Å². The van der Waals surface area contributed by atoms with Crippen molar-refractivity contribution in [2.75, 3.05) is 33.2 Å². The summed E-state index contributed by atoms with van der Waals surface area (Å²) in [6, 6.07) is 0. The Balaban J connectivity index is 1.93. The highest BCUT2D eigenvalue weighted by atomic mass is 16.3. The van der Waals surface area contributed by atoms with Gasteiger partial charge >= 0.3 is 0 Å². The van der Waals surface area contributed by atoms with Crippen molar-refractivity contribution in [3.05, 3.63) is 0 Å². The number of hydrogen-bond acceptors (Lipinski definition) is 3. The fourth-order valence-corrected chi connectivity index (χ4v) is 2.73. The minimum Gasteiger partial charge on any atom is -0.391 e. The summed E-state index contributed by atoms with van der Waals surface area (Å²) in [5.41, 5.74) is -0.0523. The monoisotopic (exact) mass is 240 g/mol. The number of carbonyl (C=O) groups excluding carboxylic acids is 1. The molecule has 0 bridgehead atoms. The highest BCUT2D eigenvalue weighted by Gasteiger charge is 2.38. The average molecular weight is 240 g/mol. The van der Waals surface area contributed by atoms with Crippen molar-refractivity contribution in [2.24, 2.45) is 11.3 Å². The van der Waals surface area contributed by atoms with E-state index >= 15 is 0 Å². The van der Waals surface area contributed by atoms with E-state index in [1.807, 2.05) is 4.90 Å². The van der Waals surface area contributed by atoms with Crippen LogP contribution in [0.1, 0.15) is 26.7 Å². The maximum absolute atomic E-state index is 12.3. The molecule has 2 unspecified atom stereocenters. The smallest absolute Gasteiger partial charge is 0.227 e. The molecule has 2 saturated heterocycles. The minimum absolute atomic E-state index is 0.0523. The van der Waals surface area contributed by atoms with Crippen LogP contribution >= 0.6 is 0 Å². The van der Waals surface area contributed by atoms with Gasteiger partial charge in [-0.05, 0) is 31.8 Å². The summed E-state index contributed by atoms with van der Waals surface area (Å²) in [4.78, 5) is 16.4. The van der Waals surface area contributed by atoms with Gasteiger partial charge < -0.3 is 14.9 Å². The molecule has 2 fully saturated rings. The summed E-state index contributed by atoms with van der Waals surface area (Å²) >= 11 is 0. The van der Waals surface area contributed by atoms with Crippen LogP contribution in [0.4, 0.5) is 0 Å². The predicted octanol–water partition coefficient (Wildman–Crippen LogP) is 0.557. The van der Waals surface area contributed by atoms with Crippen molar-refractivity contribution in [2.45, 2.75) is 32.8 Å². The van der Waals surface area contributed by atoms with Gasteiger partial charge in [-0.25, -0.2) is 0 Å². The quantitative estimate of drug-likeness (QED) is 0.728. The van der Waals surface area contributed by atoms with Crippen molar-refractivity contribution >= 4 is 5.91 Å². The van der Waals surface area contributed by atoms with E-state index in [1.165, 1.54) is 0 Å². The number of hydrogen-bond donors (Lipinski definition) is 1. The normalized spacial score (nSPS) is 34.0. The van der Waals surface area contributed by atoms with E-state index < -0.39 is 0 Å². The zero-order chi connectivity index (χ0) is 12.6. The van der Waals surface area contributed by atoms with Crippen molar-refractivity contribution in [3.63, 3.8) is 0 Å². The number of aliphatic hydroxyl groups excluding tert-OH is 1. The zero-order valence-corrected chi connectivity index (χ0v) is 11.1. The molecule has 0 aromatic carbocycles. The molecule has 2 aliphatic heterocycles. The van der Waals surface area contributed by atoms with Gasteiger partial charge in [0.15, 0.2) is 0 Å². The lowest BCUT2D eigenvalue weighted by Gasteiger charge is -2.41. The third-order valence-corrected chi connectivity index (χ3v) is 4.37. The average Bonchev–Trinajstić information content (AvgIpc) is 2.68. The molecule has 2 heterocycles. The molecule has 1 N–H and O–H groups in total. The highest BCUT2D eigenvalue weighted by Crippen LogP contribution is 2.31. The van der Waals surface area contributed by atoms with Crippen LogP contribution in [0, 0.1) is 11.3 Å². The number of nitrogens with zero attached hydrogens (tertiary/aromatic N) is 2. The lowest BCUT2D eigenvalue weighted by molar-refractivity contribution is -0.141. The van der Waals surface area contributed by atoms with Gasteiger partial charge in [-0.15, -0.1) is 0 Å². The van der Waals surface area contributed by atoms with Crippen molar-refractivity contribution in [3.8, 4) is 0 Å². The molecule has 0 aliphatic carbocycles. The van der Waals surface area contributed by atoms with Crippen LogP contribution in [-0.4, -0.2) is 60.1 Å². The molecule has 0 radical (unpaired) electrons. The first-order valence-electron chi connectivity index (χ1n) is 6.55. The van der Waals surface area contributed by atoms with Crippen LogP contribution in [0.2, 0.25) is 0 Å². The molecular formula is C13H24N2O2. The Morgan fingerprint density at radius 3 is 2.53 bits per heavy atom. The predicted molar refractivity (Wildman–Crippen MR) is 66.6 cm³/mol. The Labute approximate surface area is 104 Å². The first-order valence-corrected chi connectivity index (χ1v) is 6.55. The minimum atomic E-state index is -0.390. The fraction of sp³-hybridized carbons (Fsp3) is 0.923. The standard InChI is InChI=1S/C13H24N2O2/c1-13(2)5-7-15(9-11(13)16)12(17)10-4-6-14(3)8-10/h10-11,16H,4-9H2,1-3H3. The second kappa shape index (κ2) is 4.58. The molecule has 98 valence electrons. The Morgan fingerprint density at radius 2 is 2.00 bits per heavy atom. The highest BCUT2D eigenvalue weighted by molar-refractivity contribution is 5.79. The van der Waals surface area contributed by atoms with E-state index in [0.717, 1.165) is 32.5 Å². The zero-order valence-electron chi connectivity index (χ0n) is 11.1. The third-order valence-electron chi connectivity index (χ3n) is 4.37. The van der Waals surface area contributed by atoms with E-state index in [1.54, 1.807) is 0 Å². The second-order valence-corrected chi connectivity index (χ2v) is 6.29. The van der Waals surface area contributed by atoms with Crippen molar-refractivity contribution < 1.29 is 9.90 Å². The summed E-state index contributed by atoms with van der Waals surface area (Å²) in [6.45, 7) is 7.33. The first kappa shape index (κ1) is 12.8. The van der Waals surface area contributed by atoms with E-state index in [-0.39, 0.29) is 23.3 Å². The maximum atomic E-state index is 12.3. The number of amides is 1. The summed E-state index contributed by atoms with van der Waals surface area (Å²) < 4.78 is 0.